The van der Waals surface area contributed by atoms with Crippen LogP contribution in [-0.4, -0.2) is 40.2 Å². The molecule has 1 aromatic rings. The van der Waals surface area contributed by atoms with Crippen LogP contribution in [0.3, 0.4) is 0 Å². The van der Waals surface area contributed by atoms with Crippen molar-refractivity contribution in [1.82, 2.24) is 9.97 Å². The number of nitrogens with zero attached hydrogens (tertiary/aromatic N) is 3. The lowest BCUT2D eigenvalue weighted by Gasteiger charge is -2.40. The average Bonchev–Trinajstić information content (AvgIpc) is 2.28. The summed E-state index contributed by atoms with van der Waals surface area (Å²) in [6.45, 7) is 1.96. The van der Waals surface area contributed by atoms with E-state index in [1.54, 1.807) is 6.20 Å². The van der Waals surface area contributed by atoms with Gasteiger partial charge in [0.25, 0.3) is 0 Å². The van der Waals surface area contributed by atoms with Crippen molar-refractivity contribution in [1.29, 1.82) is 0 Å². The monoisotopic (exact) mass is 220 g/mol. The fourth-order valence-electron chi connectivity index (χ4n) is 2.32. The SMILES string of the molecule is O=C(O)c1ncc2c(n1)NC1CCCN2C1. The minimum Gasteiger partial charge on any atom is -0.475 e. The lowest BCUT2D eigenvalue weighted by Crippen LogP contribution is -2.46. The second kappa shape index (κ2) is 3.33. The lowest BCUT2D eigenvalue weighted by atomic mass is 10.0. The summed E-state index contributed by atoms with van der Waals surface area (Å²) in [6, 6.07) is 0.387. The van der Waals surface area contributed by atoms with Gasteiger partial charge in [-0.05, 0) is 12.8 Å². The van der Waals surface area contributed by atoms with Crippen molar-refractivity contribution in [2.24, 2.45) is 0 Å². The molecule has 0 amide bonds. The van der Waals surface area contributed by atoms with Gasteiger partial charge in [-0.3, -0.25) is 0 Å². The Hall–Kier alpha value is -1.85. The van der Waals surface area contributed by atoms with E-state index in [2.05, 4.69) is 20.2 Å². The Labute approximate surface area is 92.3 Å². The number of rotatable bonds is 1. The molecule has 1 fully saturated rings. The average molecular weight is 220 g/mol. The number of aromatic nitrogens is 2. The number of carboxylic acid groups (broad SMARTS) is 1. The van der Waals surface area contributed by atoms with E-state index in [9.17, 15) is 4.79 Å². The van der Waals surface area contributed by atoms with Gasteiger partial charge in [0.15, 0.2) is 5.82 Å². The molecule has 16 heavy (non-hydrogen) atoms. The Morgan fingerprint density at radius 2 is 2.50 bits per heavy atom. The number of fused-ring (bicyclic) bond motifs is 4. The molecular weight excluding hydrogens is 208 g/mol. The maximum atomic E-state index is 10.8. The molecule has 6 nitrogen and oxygen atoms in total. The Kier molecular flexibility index (Phi) is 1.95. The number of hydrogen-bond acceptors (Lipinski definition) is 5. The van der Waals surface area contributed by atoms with Gasteiger partial charge in [-0.25, -0.2) is 14.8 Å². The molecule has 1 unspecified atom stereocenters. The third kappa shape index (κ3) is 1.37. The third-order valence-corrected chi connectivity index (χ3v) is 3.06. The highest BCUT2D eigenvalue weighted by Crippen LogP contribution is 2.32. The first-order chi connectivity index (χ1) is 7.74. The summed E-state index contributed by atoms with van der Waals surface area (Å²) in [5.41, 5.74) is 0.918. The molecule has 6 heteroatoms. The van der Waals surface area contributed by atoms with Crippen LogP contribution in [-0.2, 0) is 0 Å². The van der Waals surface area contributed by atoms with Crippen molar-refractivity contribution < 1.29 is 9.90 Å². The topological polar surface area (TPSA) is 78.3 Å². The maximum Gasteiger partial charge on any atom is 0.374 e. The van der Waals surface area contributed by atoms with Gasteiger partial charge in [0.1, 0.15) is 0 Å². The zero-order valence-corrected chi connectivity index (χ0v) is 8.68. The van der Waals surface area contributed by atoms with E-state index in [0.717, 1.165) is 31.6 Å². The van der Waals surface area contributed by atoms with E-state index in [0.29, 0.717) is 11.9 Å². The second-order valence-electron chi connectivity index (χ2n) is 4.16. The van der Waals surface area contributed by atoms with Crippen LogP contribution in [0.2, 0.25) is 0 Å². The molecule has 1 atom stereocenters. The molecule has 0 aliphatic carbocycles. The largest absolute Gasteiger partial charge is 0.475 e. The van der Waals surface area contributed by atoms with Crippen LogP contribution in [0.1, 0.15) is 23.5 Å². The van der Waals surface area contributed by atoms with E-state index in [-0.39, 0.29) is 5.82 Å². The molecule has 84 valence electrons. The summed E-state index contributed by atoms with van der Waals surface area (Å²) in [5, 5.41) is 12.1. The van der Waals surface area contributed by atoms with E-state index < -0.39 is 5.97 Å². The van der Waals surface area contributed by atoms with Gasteiger partial charge in [-0.1, -0.05) is 0 Å². The summed E-state index contributed by atoms with van der Waals surface area (Å²) in [7, 11) is 0. The number of anilines is 2. The Morgan fingerprint density at radius 3 is 3.31 bits per heavy atom. The molecule has 2 bridgehead atoms. The Balaban J connectivity index is 2.03. The van der Waals surface area contributed by atoms with Crippen LogP contribution < -0.4 is 10.2 Å². The molecule has 2 N–H and O–H groups in total. The zero-order valence-electron chi connectivity index (χ0n) is 8.68. The second-order valence-corrected chi connectivity index (χ2v) is 4.16. The molecule has 1 saturated heterocycles. The Bertz CT molecular complexity index is 448. The maximum absolute atomic E-state index is 10.8. The summed E-state index contributed by atoms with van der Waals surface area (Å²) < 4.78 is 0. The molecule has 0 aromatic carbocycles. The van der Waals surface area contributed by atoms with Crippen LogP contribution in [0.5, 0.6) is 0 Å². The van der Waals surface area contributed by atoms with E-state index in [1.807, 2.05) is 0 Å². The predicted molar refractivity (Wildman–Crippen MR) is 57.8 cm³/mol. The number of aromatic carboxylic acids is 1. The fraction of sp³-hybridized carbons (Fsp3) is 0.500. The van der Waals surface area contributed by atoms with E-state index in [4.69, 9.17) is 5.11 Å². The van der Waals surface area contributed by atoms with Crippen LogP contribution >= 0.6 is 0 Å². The van der Waals surface area contributed by atoms with E-state index >= 15 is 0 Å². The van der Waals surface area contributed by atoms with Gasteiger partial charge in [-0.15, -0.1) is 0 Å². The fourth-order valence-corrected chi connectivity index (χ4v) is 2.32. The molecule has 0 radical (unpaired) electrons. The van der Waals surface area contributed by atoms with Gasteiger partial charge in [0.05, 0.1) is 11.9 Å². The van der Waals surface area contributed by atoms with Gasteiger partial charge < -0.3 is 15.3 Å². The van der Waals surface area contributed by atoms with Crippen LogP contribution in [0.15, 0.2) is 6.20 Å². The first-order valence-corrected chi connectivity index (χ1v) is 5.36. The summed E-state index contributed by atoms with van der Waals surface area (Å²) >= 11 is 0. The summed E-state index contributed by atoms with van der Waals surface area (Å²) in [5.74, 6) is -0.578. The smallest absolute Gasteiger partial charge is 0.374 e. The highest BCUT2D eigenvalue weighted by molar-refractivity contribution is 5.84. The standard InChI is InChI=1S/C10H12N4O2/c15-10(16)9-11-4-7-8(13-9)12-6-2-1-3-14(7)5-6/h4,6H,1-3,5H2,(H,15,16)(H,11,12,13). The number of carbonyl (C=O) groups is 1. The highest BCUT2D eigenvalue weighted by Gasteiger charge is 2.29. The minimum absolute atomic E-state index is 0.146. The van der Waals surface area contributed by atoms with Gasteiger partial charge in [0, 0.05) is 19.1 Å². The first kappa shape index (κ1) is 9.38. The highest BCUT2D eigenvalue weighted by atomic mass is 16.4. The predicted octanol–water partition coefficient (Wildman–Crippen LogP) is 0.569. The lowest BCUT2D eigenvalue weighted by molar-refractivity contribution is 0.0683. The van der Waals surface area contributed by atoms with Gasteiger partial charge in [-0.2, -0.15) is 0 Å². The molecular formula is C10H12N4O2. The van der Waals surface area contributed by atoms with Gasteiger partial charge in [0.2, 0.25) is 5.82 Å². The number of hydrogen-bond donors (Lipinski definition) is 2. The molecule has 2 aliphatic rings. The summed E-state index contributed by atoms with van der Waals surface area (Å²) in [4.78, 5) is 20.9. The molecule has 1 aromatic heterocycles. The third-order valence-electron chi connectivity index (χ3n) is 3.06. The minimum atomic E-state index is -1.09. The van der Waals surface area contributed by atoms with Crippen molar-refractivity contribution in [2.75, 3.05) is 23.3 Å². The zero-order chi connectivity index (χ0) is 11.1. The van der Waals surface area contributed by atoms with Crippen LogP contribution in [0.25, 0.3) is 0 Å². The molecule has 3 heterocycles. The molecule has 2 aliphatic heterocycles. The van der Waals surface area contributed by atoms with Crippen molar-refractivity contribution in [3.63, 3.8) is 0 Å². The van der Waals surface area contributed by atoms with E-state index in [1.165, 1.54) is 0 Å². The number of piperidine rings is 1. The quantitative estimate of drug-likeness (QED) is 0.720. The normalized spacial score (nSPS) is 22.2. The summed E-state index contributed by atoms with van der Waals surface area (Å²) in [6.07, 6.45) is 3.86. The van der Waals surface area contributed by atoms with Crippen LogP contribution in [0, 0.1) is 0 Å². The van der Waals surface area contributed by atoms with Crippen molar-refractivity contribution in [3.8, 4) is 0 Å². The molecule has 0 spiro atoms. The van der Waals surface area contributed by atoms with Crippen molar-refractivity contribution >= 4 is 17.5 Å². The van der Waals surface area contributed by atoms with Crippen LogP contribution in [0.4, 0.5) is 11.5 Å². The van der Waals surface area contributed by atoms with Gasteiger partial charge >= 0.3 is 5.97 Å². The van der Waals surface area contributed by atoms with Crippen molar-refractivity contribution in [2.45, 2.75) is 18.9 Å². The van der Waals surface area contributed by atoms with Crippen molar-refractivity contribution in [3.05, 3.63) is 12.0 Å². The molecule has 0 saturated carbocycles. The number of nitrogens with one attached hydrogen (secondary N) is 1. The Morgan fingerprint density at radius 1 is 1.62 bits per heavy atom. The first-order valence-electron chi connectivity index (χ1n) is 5.36. The number of carboxylic acids is 1. The molecule has 3 rings (SSSR count).